The first-order chi connectivity index (χ1) is 13.3. The minimum Gasteiger partial charge on any atom is -0.490 e. The standard InChI is InChI=1S/C22H22F3NO2/c1-14(2)28-21-8-5-15(10-19(21)22(23,24)25)13-27-18-6-7-20-16(12-18)11-17-4-3-9-26(17)20/h5-8,10-12,14H,3-4,9,13H2,1-2H3. The molecule has 28 heavy (non-hydrogen) atoms. The fourth-order valence-electron chi connectivity index (χ4n) is 3.70. The predicted octanol–water partition coefficient (Wildman–Crippen LogP) is 5.97. The molecule has 0 atom stereocenters. The first-order valence-electron chi connectivity index (χ1n) is 9.43. The van der Waals surface area contributed by atoms with Crippen LogP contribution in [0.3, 0.4) is 0 Å². The van der Waals surface area contributed by atoms with Gasteiger partial charge in [0, 0.05) is 23.1 Å². The number of nitrogens with zero attached hydrogens (tertiary/aromatic N) is 1. The minimum atomic E-state index is -4.48. The first-order valence-corrected chi connectivity index (χ1v) is 9.43. The molecule has 3 aromatic rings. The number of hydrogen-bond acceptors (Lipinski definition) is 2. The minimum absolute atomic E-state index is 0.0596. The third-order valence-corrected chi connectivity index (χ3v) is 4.89. The molecule has 1 aliphatic heterocycles. The van der Waals surface area contributed by atoms with E-state index in [-0.39, 0.29) is 18.5 Å². The van der Waals surface area contributed by atoms with Crippen LogP contribution in [-0.2, 0) is 25.7 Å². The van der Waals surface area contributed by atoms with Gasteiger partial charge >= 0.3 is 6.18 Å². The Morgan fingerprint density at radius 3 is 2.64 bits per heavy atom. The maximum atomic E-state index is 13.4. The molecule has 0 saturated carbocycles. The molecule has 0 amide bonds. The Labute approximate surface area is 161 Å². The van der Waals surface area contributed by atoms with Crippen LogP contribution in [0.4, 0.5) is 13.2 Å². The summed E-state index contributed by atoms with van der Waals surface area (Å²) in [6.07, 6.45) is -2.57. The van der Waals surface area contributed by atoms with E-state index in [4.69, 9.17) is 9.47 Å². The Hall–Kier alpha value is -2.63. The van der Waals surface area contributed by atoms with Gasteiger partial charge in [0.05, 0.1) is 11.7 Å². The molecular formula is C22H22F3NO2. The third kappa shape index (κ3) is 3.68. The molecule has 0 radical (unpaired) electrons. The number of aryl methyl sites for hydroxylation is 2. The number of ether oxygens (including phenoxy) is 2. The summed E-state index contributed by atoms with van der Waals surface area (Å²) in [5.41, 5.74) is 2.17. The van der Waals surface area contributed by atoms with Gasteiger partial charge in [-0.25, -0.2) is 0 Å². The van der Waals surface area contributed by atoms with Gasteiger partial charge in [0.15, 0.2) is 0 Å². The lowest BCUT2D eigenvalue weighted by atomic mass is 10.1. The number of aromatic nitrogens is 1. The second kappa shape index (κ2) is 7.08. The smallest absolute Gasteiger partial charge is 0.419 e. The van der Waals surface area contributed by atoms with Crippen LogP contribution in [0.25, 0.3) is 10.9 Å². The van der Waals surface area contributed by atoms with Gasteiger partial charge in [0.2, 0.25) is 0 Å². The lowest BCUT2D eigenvalue weighted by molar-refractivity contribution is -0.139. The molecular weight excluding hydrogens is 367 g/mol. The maximum Gasteiger partial charge on any atom is 0.419 e. The highest BCUT2D eigenvalue weighted by molar-refractivity contribution is 5.83. The molecule has 4 rings (SSSR count). The van der Waals surface area contributed by atoms with Crippen LogP contribution in [0.2, 0.25) is 0 Å². The molecule has 0 saturated heterocycles. The van der Waals surface area contributed by atoms with Crippen molar-refractivity contribution in [3.8, 4) is 11.5 Å². The lowest BCUT2D eigenvalue weighted by Gasteiger charge is -2.17. The molecule has 0 bridgehead atoms. The van der Waals surface area contributed by atoms with Crippen molar-refractivity contribution in [1.82, 2.24) is 4.57 Å². The normalized spacial score (nSPS) is 13.9. The highest BCUT2D eigenvalue weighted by Crippen LogP contribution is 2.37. The van der Waals surface area contributed by atoms with E-state index in [1.54, 1.807) is 19.9 Å². The summed E-state index contributed by atoms with van der Waals surface area (Å²) in [6.45, 7) is 4.49. The Bertz CT molecular complexity index is 1000. The fraction of sp³-hybridized carbons (Fsp3) is 0.364. The summed E-state index contributed by atoms with van der Waals surface area (Å²) in [7, 11) is 0. The fourth-order valence-corrected chi connectivity index (χ4v) is 3.70. The molecule has 0 N–H and O–H groups in total. The summed E-state index contributed by atoms with van der Waals surface area (Å²) in [5, 5.41) is 1.10. The van der Waals surface area contributed by atoms with E-state index >= 15 is 0 Å². The molecule has 6 heteroatoms. The Kier molecular flexibility index (Phi) is 4.73. The SMILES string of the molecule is CC(C)Oc1ccc(COc2ccc3c(c2)cc2n3CCC2)cc1C(F)(F)F. The second-order valence-electron chi connectivity index (χ2n) is 7.40. The zero-order valence-electron chi connectivity index (χ0n) is 15.8. The summed E-state index contributed by atoms with van der Waals surface area (Å²) in [5.74, 6) is 0.490. The quantitative estimate of drug-likeness (QED) is 0.536. The van der Waals surface area contributed by atoms with Gasteiger partial charge in [-0.2, -0.15) is 13.2 Å². The highest BCUT2D eigenvalue weighted by Gasteiger charge is 2.35. The van der Waals surface area contributed by atoms with Crippen LogP contribution in [0, 0.1) is 0 Å². The van der Waals surface area contributed by atoms with Crippen molar-refractivity contribution in [3.05, 3.63) is 59.3 Å². The summed E-state index contributed by atoms with van der Waals surface area (Å²) < 4.78 is 53.5. The van der Waals surface area contributed by atoms with E-state index in [0.717, 1.165) is 24.4 Å². The monoisotopic (exact) mass is 389 g/mol. The molecule has 0 spiro atoms. The molecule has 0 unspecified atom stereocenters. The summed E-state index contributed by atoms with van der Waals surface area (Å²) in [6, 6.07) is 12.1. The summed E-state index contributed by atoms with van der Waals surface area (Å²) in [4.78, 5) is 0. The molecule has 3 nitrogen and oxygen atoms in total. The molecule has 1 aromatic heterocycles. The van der Waals surface area contributed by atoms with Gasteiger partial charge in [0.1, 0.15) is 18.1 Å². The second-order valence-corrected chi connectivity index (χ2v) is 7.40. The Balaban J connectivity index is 1.53. The van der Waals surface area contributed by atoms with Crippen molar-refractivity contribution in [2.45, 2.75) is 52.1 Å². The van der Waals surface area contributed by atoms with Gasteiger partial charge < -0.3 is 14.0 Å². The van der Waals surface area contributed by atoms with E-state index < -0.39 is 11.7 Å². The number of hydrogen-bond donors (Lipinski definition) is 0. The molecule has 2 heterocycles. The predicted molar refractivity (Wildman–Crippen MR) is 102 cm³/mol. The maximum absolute atomic E-state index is 13.4. The molecule has 0 aliphatic carbocycles. The number of halogens is 3. The van der Waals surface area contributed by atoms with Crippen molar-refractivity contribution in [2.75, 3.05) is 0 Å². The zero-order chi connectivity index (χ0) is 19.9. The topological polar surface area (TPSA) is 23.4 Å². The van der Waals surface area contributed by atoms with Crippen LogP contribution in [-0.4, -0.2) is 10.7 Å². The Morgan fingerprint density at radius 1 is 1.07 bits per heavy atom. The van der Waals surface area contributed by atoms with Gasteiger partial charge in [-0.3, -0.25) is 0 Å². The van der Waals surface area contributed by atoms with Crippen molar-refractivity contribution in [1.29, 1.82) is 0 Å². The van der Waals surface area contributed by atoms with Crippen molar-refractivity contribution in [3.63, 3.8) is 0 Å². The summed E-state index contributed by atoms with van der Waals surface area (Å²) >= 11 is 0. The molecule has 1 aliphatic rings. The average molecular weight is 389 g/mol. The van der Waals surface area contributed by atoms with Crippen LogP contribution in [0.5, 0.6) is 11.5 Å². The van der Waals surface area contributed by atoms with E-state index in [2.05, 4.69) is 10.6 Å². The average Bonchev–Trinajstić information content (AvgIpc) is 3.20. The number of fused-ring (bicyclic) bond motifs is 3. The van der Waals surface area contributed by atoms with Gasteiger partial charge in [-0.05, 0) is 68.7 Å². The highest BCUT2D eigenvalue weighted by atomic mass is 19.4. The van der Waals surface area contributed by atoms with E-state index in [1.807, 2.05) is 18.2 Å². The first kappa shape index (κ1) is 18.7. The Morgan fingerprint density at radius 2 is 1.89 bits per heavy atom. The van der Waals surface area contributed by atoms with Gasteiger partial charge in [0.25, 0.3) is 0 Å². The van der Waals surface area contributed by atoms with E-state index in [0.29, 0.717) is 11.3 Å². The van der Waals surface area contributed by atoms with Crippen molar-refractivity contribution in [2.24, 2.45) is 0 Å². The van der Waals surface area contributed by atoms with Crippen molar-refractivity contribution >= 4 is 10.9 Å². The molecule has 2 aromatic carbocycles. The van der Waals surface area contributed by atoms with Crippen LogP contribution in [0.1, 0.15) is 37.1 Å². The number of alkyl halides is 3. The van der Waals surface area contributed by atoms with E-state index in [1.165, 1.54) is 23.7 Å². The number of rotatable bonds is 5. The molecule has 0 fully saturated rings. The van der Waals surface area contributed by atoms with Crippen molar-refractivity contribution < 1.29 is 22.6 Å². The van der Waals surface area contributed by atoms with Crippen LogP contribution < -0.4 is 9.47 Å². The van der Waals surface area contributed by atoms with Crippen LogP contribution >= 0.6 is 0 Å². The largest absolute Gasteiger partial charge is 0.490 e. The van der Waals surface area contributed by atoms with E-state index in [9.17, 15) is 13.2 Å². The van der Waals surface area contributed by atoms with Crippen LogP contribution in [0.15, 0.2) is 42.5 Å². The number of benzene rings is 2. The van der Waals surface area contributed by atoms with Gasteiger partial charge in [-0.1, -0.05) is 6.07 Å². The zero-order valence-corrected chi connectivity index (χ0v) is 15.8. The third-order valence-electron chi connectivity index (χ3n) is 4.89. The lowest BCUT2D eigenvalue weighted by Crippen LogP contribution is -2.13. The van der Waals surface area contributed by atoms with Gasteiger partial charge in [-0.15, -0.1) is 0 Å². The molecule has 148 valence electrons.